The lowest BCUT2D eigenvalue weighted by Gasteiger charge is -2.26. The molecule has 0 radical (unpaired) electrons. The third-order valence-corrected chi connectivity index (χ3v) is 7.70. The van der Waals surface area contributed by atoms with Crippen LogP contribution in [-0.2, 0) is 4.79 Å². The van der Waals surface area contributed by atoms with Gasteiger partial charge in [0.15, 0.2) is 5.11 Å². The van der Waals surface area contributed by atoms with Crippen LogP contribution in [0.5, 0.6) is 0 Å². The first kappa shape index (κ1) is 26.4. The maximum atomic E-state index is 12.2. The van der Waals surface area contributed by atoms with Crippen LogP contribution in [0.25, 0.3) is 11.3 Å². The monoisotopic (exact) mass is 608 g/mol. The molecule has 1 fully saturated rings. The number of halogens is 2. The molecular formula is C29H26BrClN4O2S. The molecule has 3 heterocycles. The highest BCUT2D eigenvalue weighted by atomic mass is 79.9. The number of rotatable bonds is 6. The van der Waals surface area contributed by atoms with Crippen LogP contribution in [0, 0.1) is 12.8 Å². The van der Waals surface area contributed by atoms with E-state index in [1.807, 2.05) is 68.1 Å². The van der Waals surface area contributed by atoms with E-state index in [4.69, 9.17) is 28.2 Å². The van der Waals surface area contributed by atoms with Crippen LogP contribution in [-0.4, -0.2) is 16.0 Å². The van der Waals surface area contributed by atoms with E-state index in [9.17, 15) is 4.79 Å². The number of furan rings is 1. The Morgan fingerprint density at radius 3 is 2.66 bits per heavy atom. The number of benzene rings is 2. The van der Waals surface area contributed by atoms with Gasteiger partial charge in [-0.3, -0.25) is 9.78 Å². The summed E-state index contributed by atoms with van der Waals surface area (Å²) in [6.07, 6.45) is 1.76. The largest absolute Gasteiger partial charge is 0.459 e. The van der Waals surface area contributed by atoms with Crippen molar-refractivity contribution in [1.29, 1.82) is 0 Å². The smallest absolute Gasteiger partial charge is 0.226 e. The average Bonchev–Trinajstić information content (AvgIpc) is 3.50. The molecule has 5 rings (SSSR count). The lowest BCUT2D eigenvalue weighted by Crippen LogP contribution is -2.29. The first-order chi connectivity index (χ1) is 18.2. The van der Waals surface area contributed by atoms with Crippen LogP contribution in [0.3, 0.4) is 0 Å². The normalized spacial score (nSPS) is 17.1. The molecule has 4 aromatic rings. The Hall–Kier alpha value is -3.20. The summed E-state index contributed by atoms with van der Waals surface area (Å²) in [4.78, 5) is 18.8. The van der Waals surface area contributed by atoms with E-state index < -0.39 is 0 Å². The first-order valence-electron chi connectivity index (χ1n) is 12.2. The molecule has 38 heavy (non-hydrogen) atoms. The van der Waals surface area contributed by atoms with E-state index >= 15 is 0 Å². The Labute approximate surface area is 240 Å². The van der Waals surface area contributed by atoms with Gasteiger partial charge in [0.05, 0.1) is 22.4 Å². The van der Waals surface area contributed by atoms with Gasteiger partial charge in [0.2, 0.25) is 5.91 Å². The van der Waals surface area contributed by atoms with Crippen LogP contribution in [0.1, 0.15) is 42.9 Å². The van der Waals surface area contributed by atoms with Crippen molar-refractivity contribution in [3.05, 3.63) is 99.4 Å². The zero-order chi connectivity index (χ0) is 27.0. The standard InChI is InChI=1S/C29H26BrClN4O2S/c1-16(2)28(36)33-22-10-8-18(15-21(22)31)35-27(26(34-29(35)38)23-6-4-5-13-32-23)25-12-11-24(37-25)19-9-7-17(3)14-20(19)30/h4-16,26-27H,1-3H3,(H,33,36)(H,34,38)/t26-,27+/m1/s1. The van der Waals surface area contributed by atoms with Gasteiger partial charge in [-0.05, 0) is 79.3 Å². The van der Waals surface area contributed by atoms with Gasteiger partial charge in [0.25, 0.3) is 0 Å². The molecule has 1 aliphatic rings. The Morgan fingerprint density at radius 1 is 1.16 bits per heavy atom. The number of nitrogens with one attached hydrogen (secondary N) is 2. The van der Waals surface area contributed by atoms with Crippen LogP contribution >= 0.6 is 39.7 Å². The molecule has 2 N–H and O–H groups in total. The van der Waals surface area contributed by atoms with Crippen LogP contribution in [0.2, 0.25) is 5.02 Å². The fraction of sp³-hybridized carbons (Fsp3) is 0.207. The molecule has 1 aliphatic heterocycles. The van der Waals surface area contributed by atoms with Gasteiger partial charge in [-0.1, -0.05) is 53.5 Å². The Morgan fingerprint density at radius 2 is 1.97 bits per heavy atom. The van der Waals surface area contributed by atoms with Gasteiger partial charge in [-0.15, -0.1) is 0 Å². The SMILES string of the molecule is Cc1ccc(-c2ccc([C@H]3[C@@H](c4ccccn4)NC(=S)N3c3ccc(NC(=O)C(C)C)c(Cl)c3)o2)c(Br)c1. The molecule has 2 aromatic heterocycles. The number of carbonyl (C=O) groups excluding carboxylic acids is 1. The lowest BCUT2D eigenvalue weighted by molar-refractivity contribution is -0.118. The second-order valence-electron chi connectivity index (χ2n) is 9.49. The molecular weight excluding hydrogens is 584 g/mol. The molecule has 0 bridgehead atoms. The van der Waals surface area contributed by atoms with Gasteiger partial charge < -0.3 is 20.0 Å². The quantitative estimate of drug-likeness (QED) is 0.217. The highest BCUT2D eigenvalue weighted by Crippen LogP contribution is 2.44. The summed E-state index contributed by atoms with van der Waals surface area (Å²) in [5, 5.41) is 7.25. The zero-order valence-corrected chi connectivity index (χ0v) is 24.2. The summed E-state index contributed by atoms with van der Waals surface area (Å²) in [6.45, 7) is 5.72. The van der Waals surface area contributed by atoms with Crippen LogP contribution in [0.4, 0.5) is 11.4 Å². The van der Waals surface area contributed by atoms with Crippen molar-refractivity contribution in [2.24, 2.45) is 5.92 Å². The third-order valence-electron chi connectivity index (χ3n) is 6.42. The maximum absolute atomic E-state index is 12.2. The molecule has 1 amide bonds. The van der Waals surface area contributed by atoms with Gasteiger partial charge in [0, 0.05) is 27.8 Å². The minimum absolute atomic E-state index is 0.100. The molecule has 0 saturated carbocycles. The molecule has 2 atom stereocenters. The van der Waals surface area contributed by atoms with E-state index in [-0.39, 0.29) is 23.9 Å². The minimum atomic E-state index is -0.331. The van der Waals surface area contributed by atoms with E-state index in [0.29, 0.717) is 15.8 Å². The second-order valence-corrected chi connectivity index (χ2v) is 11.1. The summed E-state index contributed by atoms with van der Waals surface area (Å²) in [7, 11) is 0. The molecule has 0 unspecified atom stereocenters. The summed E-state index contributed by atoms with van der Waals surface area (Å²) in [6, 6.07) is 20.8. The molecule has 6 nitrogen and oxygen atoms in total. The second kappa shape index (κ2) is 10.9. The summed E-state index contributed by atoms with van der Waals surface area (Å²) in [5.74, 6) is 1.21. The number of pyridine rings is 1. The van der Waals surface area contributed by atoms with Crippen molar-refractivity contribution in [1.82, 2.24) is 10.3 Å². The highest BCUT2D eigenvalue weighted by Gasteiger charge is 2.42. The molecule has 2 aromatic carbocycles. The Bertz CT molecular complexity index is 1510. The molecule has 194 valence electrons. The fourth-order valence-electron chi connectivity index (χ4n) is 4.43. The van der Waals surface area contributed by atoms with Gasteiger partial charge >= 0.3 is 0 Å². The number of nitrogens with zero attached hydrogens (tertiary/aromatic N) is 2. The molecule has 0 spiro atoms. The fourth-order valence-corrected chi connectivity index (χ4v) is 5.69. The van der Waals surface area contributed by atoms with Gasteiger partial charge in [-0.25, -0.2) is 0 Å². The van der Waals surface area contributed by atoms with E-state index in [1.54, 1.807) is 18.3 Å². The summed E-state index contributed by atoms with van der Waals surface area (Å²) in [5.41, 5.74) is 4.28. The van der Waals surface area contributed by atoms with Crippen molar-refractivity contribution in [3.63, 3.8) is 0 Å². The van der Waals surface area contributed by atoms with Crippen molar-refractivity contribution in [3.8, 4) is 11.3 Å². The molecule has 1 saturated heterocycles. The number of aromatic nitrogens is 1. The van der Waals surface area contributed by atoms with Crippen LogP contribution < -0.4 is 15.5 Å². The number of anilines is 2. The van der Waals surface area contributed by atoms with Crippen molar-refractivity contribution in [2.45, 2.75) is 32.9 Å². The topological polar surface area (TPSA) is 70.4 Å². The Balaban J connectivity index is 1.56. The Kier molecular flexibility index (Phi) is 7.56. The third kappa shape index (κ3) is 5.21. The van der Waals surface area contributed by atoms with Crippen molar-refractivity contribution in [2.75, 3.05) is 10.2 Å². The van der Waals surface area contributed by atoms with E-state index in [0.717, 1.165) is 38.5 Å². The van der Waals surface area contributed by atoms with Crippen molar-refractivity contribution < 1.29 is 9.21 Å². The predicted octanol–water partition coefficient (Wildman–Crippen LogP) is 7.84. The highest BCUT2D eigenvalue weighted by molar-refractivity contribution is 9.10. The van der Waals surface area contributed by atoms with Gasteiger partial charge in [0.1, 0.15) is 17.6 Å². The van der Waals surface area contributed by atoms with Gasteiger partial charge in [-0.2, -0.15) is 0 Å². The number of aryl methyl sites for hydroxylation is 1. The minimum Gasteiger partial charge on any atom is -0.459 e. The zero-order valence-electron chi connectivity index (χ0n) is 21.0. The maximum Gasteiger partial charge on any atom is 0.226 e. The number of hydrogen-bond acceptors (Lipinski definition) is 4. The molecule has 9 heteroatoms. The summed E-state index contributed by atoms with van der Waals surface area (Å²) < 4.78 is 7.43. The summed E-state index contributed by atoms with van der Waals surface area (Å²) >= 11 is 16.1. The first-order valence-corrected chi connectivity index (χ1v) is 13.8. The van der Waals surface area contributed by atoms with E-state index in [1.165, 1.54) is 0 Å². The van der Waals surface area contributed by atoms with Crippen molar-refractivity contribution >= 4 is 62.1 Å². The molecule has 0 aliphatic carbocycles. The predicted molar refractivity (Wildman–Crippen MR) is 159 cm³/mol. The number of amides is 1. The van der Waals surface area contributed by atoms with E-state index in [2.05, 4.69) is 43.7 Å². The number of carbonyl (C=O) groups is 1. The lowest BCUT2D eigenvalue weighted by atomic mass is 10.0. The number of hydrogen-bond donors (Lipinski definition) is 2. The average molecular weight is 610 g/mol. The van der Waals surface area contributed by atoms with Crippen LogP contribution in [0.15, 0.2) is 81.8 Å². The number of thiocarbonyl (C=S) groups is 1.